The molecular weight excluding hydrogens is 234 g/mol. The van der Waals surface area contributed by atoms with E-state index < -0.39 is 23.1 Å². The maximum Gasteiger partial charge on any atom is 0.407 e. The van der Waals surface area contributed by atoms with Crippen LogP contribution in [-0.4, -0.2) is 28.8 Å². The Morgan fingerprint density at radius 2 is 2.00 bits per heavy atom. The Balaban J connectivity index is 2.53. The molecule has 0 aromatic carbocycles. The number of nitrogens with one attached hydrogen (secondary N) is 1. The Morgan fingerprint density at radius 1 is 1.39 bits per heavy atom. The highest BCUT2D eigenvalue weighted by Crippen LogP contribution is 2.36. The molecule has 104 valence electrons. The topological polar surface area (TPSA) is 75.6 Å². The van der Waals surface area contributed by atoms with Gasteiger partial charge in [0.1, 0.15) is 5.60 Å². The van der Waals surface area contributed by atoms with E-state index in [1.54, 1.807) is 27.7 Å². The second-order valence-corrected chi connectivity index (χ2v) is 6.31. The van der Waals surface area contributed by atoms with E-state index in [-0.39, 0.29) is 6.04 Å². The highest BCUT2D eigenvalue weighted by atomic mass is 16.6. The Bertz CT molecular complexity index is 334. The average molecular weight is 257 g/mol. The Labute approximate surface area is 108 Å². The third-order valence-corrected chi connectivity index (χ3v) is 3.22. The van der Waals surface area contributed by atoms with Crippen molar-refractivity contribution in [3.63, 3.8) is 0 Å². The maximum absolute atomic E-state index is 11.6. The number of rotatable bonds is 2. The van der Waals surface area contributed by atoms with Crippen molar-refractivity contribution in [3.05, 3.63) is 0 Å². The molecule has 1 amide bonds. The molecule has 0 saturated heterocycles. The number of carbonyl (C=O) groups excluding carboxylic acids is 1. The number of aliphatic carboxylic acids is 1. The lowest BCUT2D eigenvalue weighted by Crippen LogP contribution is -2.45. The number of carbonyl (C=O) groups is 2. The zero-order valence-electron chi connectivity index (χ0n) is 11.6. The number of hydrogen-bond donors (Lipinski definition) is 2. The Kier molecular flexibility index (Phi) is 4.24. The summed E-state index contributed by atoms with van der Waals surface area (Å²) in [7, 11) is 0. The molecule has 5 heteroatoms. The molecule has 0 aromatic heterocycles. The number of carboxylic acids is 1. The van der Waals surface area contributed by atoms with Gasteiger partial charge in [-0.3, -0.25) is 4.79 Å². The minimum atomic E-state index is -0.793. The lowest BCUT2D eigenvalue weighted by atomic mass is 9.73. The zero-order chi connectivity index (χ0) is 14.0. The van der Waals surface area contributed by atoms with Gasteiger partial charge in [0, 0.05) is 6.04 Å². The lowest BCUT2D eigenvalue weighted by molar-refractivity contribution is -0.150. The molecule has 2 N–H and O–H groups in total. The van der Waals surface area contributed by atoms with E-state index in [9.17, 15) is 14.7 Å². The standard InChI is InChI=1S/C13H23NO4/c1-12(2,3)18-11(17)14-9-6-5-7-13(4,8-9)10(15)16/h9H,5-8H2,1-4H3,(H,14,17)(H,15,16)/t9-,13-/m0/s1. The highest BCUT2D eigenvalue weighted by Gasteiger charge is 2.39. The van der Waals surface area contributed by atoms with Crippen LogP contribution in [0.4, 0.5) is 4.79 Å². The first kappa shape index (κ1) is 14.8. The number of carboxylic acid groups (broad SMARTS) is 1. The van der Waals surface area contributed by atoms with Crippen LogP contribution in [-0.2, 0) is 9.53 Å². The molecule has 1 aliphatic carbocycles. The molecule has 0 spiro atoms. The molecule has 1 rings (SSSR count). The summed E-state index contributed by atoms with van der Waals surface area (Å²) < 4.78 is 5.17. The van der Waals surface area contributed by atoms with Crippen molar-refractivity contribution < 1.29 is 19.4 Å². The van der Waals surface area contributed by atoms with Gasteiger partial charge < -0.3 is 15.2 Å². The molecule has 0 radical (unpaired) electrons. The molecule has 1 aliphatic rings. The van der Waals surface area contributed by atoms with Gasteiger partial charge in [-0.05, 0) is 47.0 Å². The summed E-state index contributed by atoms with van der Waals surface area (Å²) >= 11 is 0. The second kappa shape index (κ2) is 5.16. The van der Waals surface area contributed by atoms with E-state index in [1.807, 2.05) is 0 Å². The summed E-state index contributed by atoms with van der Waals surface area (Å²) in [5.41, 5.74) is -1.27. The van der Waals surface area contributed by atoms with Crippen molar-refractivity contribution in [2.45, 2.75) is 65.0 Å². The van der Waals surface area contributed by atoms with E-state index >= 15 is 0 Å². The van der Waals surface area contributed by atoms with Crippen LogP contribution in [0, 0.1) is 5.41 Å². The molecular formula is C13H23NO4. The van der Waals surface area contributed by atoms with E-state index in [0.717, 1.165) is 12.8 Å². The highest BCUT2D eigenvalue weighted by molar-refractivity contribution is 5.74. The summed E-state index contributed by atoms with van der Waals surface area (Å²) in [6.07, 6.45) is 2.27. The molecule has 0 aliphatic heterocycles. The molecule has 1 fully saturated rings. The predicted octanol–water partition coefficient (Wildman–Crippen LogP) is 2.54. The van der Waals surface area contributed by atoms with E-state index in [0.29, 0.717) is 12.8 Å². The van der Waals surface area contributed by atoms with Gasteiger partial charge in [-0.25, -0.2) is 4.79 Å². The largest absolute Gasteiger partial charge is 0.481 e. The van der Waals surface area contributed by atoms with Crippen molar-refractivity contribution in [2.24, 2.45) is 5.41 Å². The van der Waals surface area contributed by atoms with Crippen LogP contribution in [0.5, 0.6) is 0 Å². The normalized spacial score (nSPS) is 28.6. The van der Waals surface area contributed by atoms with Crippen LogP contribution in [0.25, 0.3) is 0 Å². The van der Waals surface area contributed by atoms with Gasteiger partial charge >= 0.3 is 12.1 Å². The summed E-state index contributed by atoms with van der Waals surface area (Å²) in [6.45, 7) is 7.14. The van der Waals surface area contributed by atoms with Gasteiger partial charge in [-0.1, -0.05) is 6.42 Å². The van der Waals surface area contributed by atoms with Crippen LogP contribution in [0.15, 0.2) is 0 Å². The SMILES string of the molecule is CC(C)(C)OC(=O)N[C@H]1CCC[C@](C)(C(=O)O)C1. The third kappa shape index (κ3) is 4.20. The third-order valence-electron chi connectivity index (χ3n) is 3.22. The first-order valence-corrected chi connectivity index (χ1v) is 6.35. The summed E-state index contributed by atoms with van der Waals surface area (Å²) in [4.78, 5) is 22.8. The quantitative estimate of drug-likeness (QED) is 0.797. The molecule has 5 nitrogen and oxygen atoms in total. The van der Waals surface area contributed by atoms with Gasteiger partial charge in [-0.15, -0.1) is 0 Å². The van der Waals surface area contributed by atoms with Crippen molar-refractivity contribution in [1.82, 2.24) is 5.32 Å². The Morgan fingerprint density at radius 3 is 2.50 bits per heavy atom. The lowest BCUT2D eigenvalue weighted by Gasteiger charge is -2.35. The monoisotopic (exact) mass is 257 g/mol. The maximum atomic E-state index is 11.6. The number of alkyl carbamates (subject to hydrolysis) is 1. The van der Waals surface area contributed by atoms with Crippen molar-refractivity contribution in [2.75, 3.05) is 0 Å². The second-order valence-electron chi connectivity index (χ2n) is 6.31. The molecule has 0 bridgehead atoms. The van der Waals surface area contributed by atoms with Gasteiger partial charge in [-0.2, -0.15) is 0 Å². The van der Waals surface area contributed by atoms with Gasteiger partial charge in [0.05, 0.1) is 5.41 Å². The van der Waals surface area contributed by atoms with Crippen LogP contribution >= 0.6 is 0 Å². The minimum Gasteiger partial charge on any atom is -0.481 e. The van der Waals surface area contributed by atoms with Gasteiger partial charge in [0.15, 0.2) is 0 Å². The fourth-order valence-corrected chi connectivity index (χ4v) is 2.28. The molecule has 18 heavy (non-hydrogen) atoms. The molecule has 0 aromatic rings. The summed E-state index contributed by atoms with van der Waals surface area (Å²) in [6, 6.07) is -0.116. The molecule has 0 heterocycles. The van der Waals surface area contributed by atoms with Crippen molar-refractivity contribution >= 4 is 12.1 Å². The van der Waals surface area contributed by atoms with Gasteiger partial charge in [0.2, 0.25) is 0 Å². The van der Waals surface area contributed by atoms with Crippen LogP contribution in [0.2, 0.25) is 0 Å². The fourth-order valence-electron chi connectivity index (χ4n) is 2.28. The number of ether oxygens (including phenoxy) is 1. The van der Waals surface area contributed by atoms with Crippen molar-refractivity contribution in [1.29, 1.82) is 0 Å². The van der Waals surface area contributed by atoms with E-state index in [4.69, 9.17) is 4.74 Å². The first-order chi connectivity index (χ1) is 8.12. The fraction of sp³-hybridized carbons (Fsp3) is 0.846. The number of hydrogen-bond acceptors (Lipinski definition) is 3. The first-order valence-electron chi connectivity index (χ1n) is 6.35. The van der Waals surface area contributed by atoms with Crippen LogP contribution < -0.4 is 5.32 Å². The molecule has 0 unspecified atom stereocenters. The Hall–Kier alpha value is -1.26. The van der Waals surface area contributed by atoms with Crippen LogP contribution in [0.1, 0.15) is 53.4 Å². The smallest absolute Gasteiger partial charge is 0.407 e. The summed E-state index contributed by atoms with van der Waals surface area (Å²) in [5, 5.41) is 12.0. The van der Waals surface area contributed by atoms with Crippen molar-refractivity contribution in [3.8, 4) is 0 Å². The molecule has 2 atom stereocenters. The minimum absolute atomic E-state index is 0.116. The predicted molar refractivity (Wildman–Crippen MR) is 67.4 cm³/mol. The van der Waals surface area contributed by atoms with Crippen LogP contribution in [0.3, 0.4) is 0 Å². The number of amides is 1. The van der Waals surface area contributed by atoms with Gasteiger partial charge in [0.25, 0.3) is 0 Å². The average Bonchev–Trinajstić information content (AvgIpc) is 2.13. The van der Waals surface area contributed by atoms with E-state index in [1.165, 1.54) is 0 Å². The summed E-state index contributed by atoms with van der Waals surface area (Å²) in [5.74, 6) is -0.793. The zero-order valence-corrected chi connectivity index (χ0v) is 11.6. The van der Waals surface area contributed by atoms with E-state index in [2.05, 4.69) is 5.32 Å². The molecule has 1 saturated carbocycles.